The molecule has 1 saturated heterocycles. The van der Waals surface area contributed by atoms with Crippen molar-refractivity contribution in [3.63, 3.8) is 0 Å². The van der Waals surface area contributed by atoms with Crippen molar-refractivity contribution in [1.29, 1.82) is 0 Å². The van der Waals surface area contributed by atoms with E-state index in [-0.39, 0.29) is 11.3 Å². The van der Waals surface area contributed by atoms with Gasteiger partial charge in [0.05, 0.1) is 12.6 Å². The third-order valence-electron chi connectivity index (χ3n) is 3.61. The van der Waals surface area contributed by atoms with Gasteiger partial charge in [0.1, 0.15) is 11.6 Å². The minimum atomic E-state index is 0.179. The van der Waals surface area contributed by atoms with Gasteiger partial charge in [-0.15, -0.1) is 0 Å². The Labute approximate surface area is 122 Å². The van der Waals surface area contributed by atoms with Crippen molar-refractivity contribution in [2.75, 3.05) is 25.1 Å². The van der Waals surface area contributed by atoms with Crippen molar-refractivity contribution in [2.45, 2.75) is 18.9 Å². The third-order valence-corrected chi connectivity index (χ3v) is 3.78. The zero-order valence-corrected chi connectivity index (χ0v) is 12.1. The second kappa shape index (κ2) is 5.42. The molecule has 2 N–H and O–H groups in total. The normalized spacial score (nSPS) is 19.4. The number of nitrogens with zero attached hydrogens (tertiary/aromatic N) is 3. The lowest BCUT2D eigenvalue weighted by Gasteiger charge is -2.32. The standard InChI is InChI=1S/C14H17ClN4O/c1-20-10-4-5-12-11(7-10)13(18-14(15)17-12)19-6-2-3-9(16)8-19/h4-5,7,9H,2-3,6,8,16H2,1H3/t9-/m1/s1. The first-order valence-electron chi connectivity index (χ1n) is 6.69. The van der Waals surface area contributed by atoms with Crippen molar-refractivity contribution in [1.82, 2.24) is 9.97 Å². The maximum absolute atomic E-state index is 6.06. The third kappa shape index (κ3) is 2.51. The highest BCUT2D eigenvalue weighted by Crippen LogP contribution is 2.30. The molecule has 2 heterocycles. The summed E-state index contributed by atoms with van der Waals surface area (Å²) in [5.41, 5.74) is 6.88. The Morgan fingerprint density at radius 2 is 2.25 bits per heavy atom. The van der Waals surface area contributed by atoms with Crippen LogP contribution in [-0.4, -0.2) is 36.2 Å². The topological polar surface area (TPSA) is 64.3 Å². The molecule has 0 aliphatic carbocycles. The highest BCUT2D eigenvalue weighted by atomic mass is 35.5. The molecule has 20 heavy (non-hydrogen) atoms. The fourth-order valence-electron chi connectivity index (χ4n) is 2.63. The van der Waals surface area contributed by atoms with Crippen LogP contribution in [0.4, 0.5) is 5.82 Å². The van der Waals surface area contributed by atoms with E-state index in [0.29, 0.717) is 0 Å². The van der Waals surface area contributed by atoms with Crippen LogP contribution in [0.15, 0.2) is 18.2 Å². The van der Waals surface area contributed by atoms with Crippen molar-refractivity contribution in [2.24, 2.45) is 5.73 Å². The molecule has 6 heteroatoms. The molecule has 1 atom stereocenters. The monoisotopic (exact) mass is 292 g/mol. The second-order valence-corrected chi connectivity index (χ2v) is 5.39. The van der Waals surface area contributed by atoms with Crippen LogP contribution in [0.2, 0.25) is 5.28 Å². The van der Waals surface area contributed by atoms with E-state index in [1.165, 1.54) is 0 Å². The molecule has 1 aliphatic rings. The predicted octanol–water partition coefficient (Wildman–Crippen LogP) is 2.22. The molecule has 0 unspecified atom stereocenters. The Hall–Kier alpha value is -1.59. The zero-order chi connectivity index (χ0) is 14.1. The smallest absolute Gasteiger partial charge is 0.224 e. The minimum absolute atomic E-state index is 0.179. The maximum atomic E-state index is 6.06. The van der Waals surface area contributed by atoms with Crippen LogP contribution in [0.5, 0.6) is 5.75 Å². The molecule has 1 fully saturated rings. The highest BCUT2D eigenvalue weighted by Gasteiger charge is 2.21. The van der Waals surface area contributed by atoms with Gasteiger partial charge in [0.25, 0.3) is 0 Å². The summed E-state index contributed by atoms with van der Waals surface area (Å²) in [6, 6.07) is 5.89. The molecule has 0 amide bonds. The number of hydrogen-bond donors (Lipinski definition) is 1. The van der Waals surface area contributed by atoms with E-state index >= 15 is 0 Å². The van der Waals surface area contributed by atoms with Crippen LogP contribution >= 0.6 is 11.6 Å². The Morgan fingerprint density at radius 3 is 3.00 bits per heavy atom. The van der Waals surface area contributed by atoms with Gasteiger partial charge in [-0.3, -0.25) is 0 Å². The Kier molecular flexibility index (Phi) is 3.63. The number of rotatable bonds is 2. The maximum Gasteiger partial charge on any atom is 0.224 e. The van der Waals surface area contributed by atoms with Gasteiger partial charge in [-0.05, 0) is 42.6 Å². The van der Waals surface area contributed by atoms with E-state index < -0.39 is 0 Å². The highest BCUT2D eigenvalue weighted by molar-refractivity contribution is 6.28. The number of ether oxygens (including phenoxy) is 1. The van der Waals surface area contributed by atoms with Gasteiger partial charge < -0.3 is 15.4 Å². The number of hydrogen-bond acceptors (Lipinski definition) is 5. The van der Waals surface area contributed by atoms with E-state index in [4.69, 9.17) is 22.1 Å². The lowest BCUT2D eigenvalue weighted by molar-refractivity contribution is 0.415. The van der Waals surface area contributed by atoms with Crippen LogP contribution in [0, 0.1) is 0 Å². The molecular weight excluding hydrogens is 276 g/mol. The number of methoxy groups -OCH3 is 1. The number of fused-ring (bicyclic) bond motifs is 1. The molecular formula is C14H17ClN4O. The number of nitrogens with two attached hydrogens (primary N) is 1. The SMILES string of the molecule is COc1ccc2nc(Cl)nc(N3CCC[C@@H](N)C3)c2c1. The summed E-state index contributed by atoms with van der Waals surface area (Å²) < 4.78 is 5.28. The van der Waals surface area contributed by atoms with Gasteiger partial charge in [-0.25, -0.2) is 4.98 Å². The number of halogens is 1. The minimum Gasteiger partial charge on any atom is -0.497 e. The number of benzene rings is 1. The fraction of sp³-hybridized carbons (Fsp3) is 0.429. The predicted molar refractivity (Wildman–Crippen MR) is 80.5 cm³/mol. The van der Waals surface area contributed by atoms with Gasteiger partial charge in [0.2, 0.25) is 5.28 Å². The molecule has 1 aromatic heterocycles. The summed E-state index contributed by atoms with van der Waals surface area (Å²) >= 11 is 6.04. The van der Waals surface area contributed by atoms with Gasteiger partial charge >= 0.3 is 0 Å². The van der Waals surface area contributed by atoms with Crippen LogP contribution in [0.1, 0.15) is 12.8 Å². The second-order valence-electron chi connectivity index (χ2n) is 5.05. The molecule has 0 bridgehead atoms. The molecule has 0 spiro atoms. The first-order valence-corrected chi connectivity index (χ1v) is 7.07. The largest absolute Gasteiger partial charge is 0.497 e. The molecule has 5 nitrogen and oxygen atoms in total. The average molecular weight is 293 g/mol. The molecule has 0 radical (unpaired) electrons. The van der Waals surface area contributed by atoms with E-state index in [2.05, 4.69) is 14.9 Å². The summed E-state index contributed by atoms with van der Waals surface area (Å²) in [5.74, 6) is 1.63. The van der Waals surface area contributed by atoms with Crippen LogP contribution in [0.3, 0.4) is 0 Å². The van der Waals surface area contributed by atoms with Crippen LogP contribution < -0.4 is 15.4 Å². The summed E-state index contributed by atoms with van der Waals surface area (Å²) in [4.78, 5) is 10.9. The summed E-state index contributed by atoms with van der Waals surface area (Å²) in [6.07, 6.45) is 2.12. The fourth-order valence-corrected chi connectivity index (χ4v) is 2.81. The molecule has 1 aliphatic heterocycles. The van der Waals surface area contributed by atoms with Gasteiger partial charge in [-0.2, -0.15) is 4.98 Å². The Bertz CT molecular complexity index is 634. The van der Waals surface area contributed by atoms with E-state index in [9.17, 15) is 0 Å². The van der Waals surface area contributed by atoms with E-state index in [0.717, 1.165) is 48.4 Å². The molecule has 106 valence electrons. The Morgan fingerprint density at radius 1 is 1.40 bits per heavy atom. The summed E-state index contributed by atoms with van der Waals surface area (Å²) in [7, 11) is 1.65. The van der Waals surface area contributed by atoms with Crippen molar-refractivity contribution < 1.29 is 4.74 Å². The van der Waals surface area contributed by atoms with Crippen LogP contribution in [-0.2, 0) is 0 Å². The Balaban J connectivity index is 2.12. The zero-order valence-electron chi connectivity index (χ0n) is 11.3. The molecule has 1 aromatic carbocycles. The molecule has 2 aromatic rings. The first kappa shape index (κ1) is 13.4. The summed E-state index contributed by atoms with van der Waals surface area (Å²) in [5, 5.41) is 1.21. The quantitative estimate of drug-likeness (QED) is 0.860. The van der Waals surface area contributed by atoms with Crippen molar-refractivity contribution >= 4 is 28.3 Å². The van der Waals surface area contributed by atoms with Gasteiger partial charge in [0, 0.05) is 24.5 Å². The molecule has 0 saturated carbocycles. The van der Waals surface area contributed by atoms with E-state index in [1.54, 1.807) is 7.11 Å². The van der Waals surface area contributed by atoms with Crippen molar-refractivity contribution in [3.05, 3.63) is 23.5 Å². The molecule has 3 rings (SSSR count). The number of piperidine rings is 1. The average Bonchev–Trinajstić information content (AvgIpc) is 2.46. The van der Waals surface area contributed by atoms with Gasteiger partial charge in [-0.1, -0.05) is 0 Å². The summed E-state index contributed by atoms with van der Waals surface area (Å²) in [6.45, 7) is 1.73. The number of aromatic nitrogens is 2. The first-order chi connectivity index (χ1) is 9.67. The van der Waals surface area contributed by atoms with Crippen molar-refractivity contribution in [3.8, 4) is 5.75 Å². The number of anilines is 1. The van der Waals surface area contributed by atoms with E-state index in [1.807, 2.05) is 18.2 Å². The van der Waals surface area contributed by atoms with Crippen LogP contribution in [0.25, 0.3) is 10.9 Å². The lowest BCUT2D eigenvalue weighted by atomic mass is 10.1. The lowest BCUT2D eigenvalue weighted by Crippen LogP contribution is -2.43. The van der Waals surface area contributed by atoms with Gasteiger partial charge in [0.15, 0.2) is 0 Å².